The van der Waals surface area contributed by atoms with E-state index in [0.717, 1.165) is 0 Å². The number of aryl methyl sites for hydroxylation is 1. The van der Waals surface area contributed by atoms with E-state index in [0.29, 0.717) is 6.42 Å². The molecule has 0 radical (unpaired) electrons. The average molecular weight is 293 g/mol. The number of nitrogens with one attached hydrogen (secondary N) is 1. The SMILES string of the molecule is C#CCCNS(=O)(=O)c1c(Br)nnn1C. The van der Waals surface area contributed by atoms with E-state index < -0.39 is 10.0 Å². The van der Waals surface area contributed by atoms with Crippen LogP contribution in [0, 0.1) is 12.3 Å². The lowest BCUT2D eigenvalue weighted by atomic mass is 10.5. The van der Waals surface area contributed by atoms with Crippen molar-refractivity contribution in [2.45, 2.75) is 11.4 Å². The number of halogens is 1. The predicted octanol–water partition coefficient (Wildman–Crippen LogP) is -0.121. The summed E-state index contributed by atoms with van der Waals surface area (Å²) in [6, 6.07) is 0. The Morgan fingerprint density at radius 3 is 2.80 bits per heavy atom. The first-order valence-corrected chi connectivity index (χ1v) is 6.25. The van der Waals surface area contributed by atoms with Crippen molar-refractivity contribution >= 4 is 26.0 Å². The Morgan fingerprint density at radius 1 is 1.67 bits per heavy atom. The first-order valence-electron chi connectivity index (χ1n) is 3.97. The van der Waals surface area contributed by atoms with Crippen molar-refractivity contribution in [2.24, 2.45) is 7.05 Å². The number of sulfonamides is 1. The van der Waals surface area contributed by atoms with Crippen LogP contribution in [0.25, 0.3) is 0 Å². The third kappa shape index (κ3) is 2.77. The second-order valence-electron chi connectivity index (χ2n) is 2.66. The molecule has 1 aromatic heterocycles. The maximum Gasteiger partial charge on any atom is 0.260 e. The summed E-state index contributed by atoms with van der Waals surface area (Å²) in [4.78, 5) is 0. The molecule has 0 saturated heterocycles. The quantitative estimate of drug-likeness (QED) is 0.620. The normalized spacial score (nSPS) is 11.3. The third-order valence-electron chi connectivity index (χ3n) is 1.55. The van der Waals surface area contributed by atoms with E-state index in [1.54, 1.807) is 0 Å². The minimum atomic E-state index is -3.60. The Bertz CT molecular complexity index is 468. The summed E-state index contributed by atoms with van der Waals surface area (Å²) in [6.07, 6.45) is 5.35. The van der Waals surface area contributed by atoms with Gasteiger partial charge in [-0.1, -0.05) is 5.21 Å². The highest BCUT2D eigenvalue weighted by molar-refractivity contribution is 9.10. The number of hydrogen-bond acceptors (Lipinski definition) is 4. The molecule has 0 aliphatic heterocycles. The first-order chi connectivity index (χ1) is 6.99. The van der Waals surface area contributed by atoms with Crippen LogP contribution >= 0.6 is 15.9 Å². The second kappa shape index (κ2) is 4.74. The van der Waals surface area contributed by atoms with Gasteiger partial charge >= 0.3 is 0 Å². The molecule has 1 heterocycles. The van der Waals surface area contributed by atoms with E-state index in [-0.39, 0.29) is 16.2 Å². The van der Waals surface area contributed by atoms with E-state index in [1.165, 1.54) is 11.7 Å². The second-order valence-corrected chi connectivity index (χ2v) is 5.09. The Balaban J connectivity index is 2.93. The number of hydrogen-bond donors (Lipinski definition) is 1. The van der Waals surface area contributed by atoms with Gasteiger partial charge < -0.3 is 0 Å². The topological polar surface area (TPSA) is 76.9 Å². The fourth-order valence-electron chi connectivity index (χ4n) is 0.934. The van der Waals surface area contributed by atoms with E-state index >= 15 is 0 Å². The van der Waals surface area contributed by atoms with Crippen LogP contribution in [0.1, 0.15) is 6.42 Å². The Labute approximate surface area is 96.2 Å². The van der Waals surface area contributed by atoms with Gasteiger partial charge in [0.1, 0.15) is 0 Å². The lowest BCUT2D eigenvalue weighted by Gasteiger charge is -2.04. The summed E-state index contributed by atoms with van der Waals surface area (Å²) in [7, 11) is -2.11. The molecule has 1 rings (SSSR count). The van der Waals surface area contributed by atoms with Crippen molar-refractivity contribution < 1.29 is 8.42 Å². The molecular formula is C7H9BrN4O2S. The van der Waals surface area contributed by atoms with E-state index in [4.69, 9.17) is 6.42 Å². The first kappa shape index (κ1) is 12.2. The van der Waals surface area contributed by atoms with Crippen molar-refractivity contribution in [3.63, 3.8) is 0 Å². The molecule has 1 N–H and O–H groups in total. The molecule has 0 atom stereocenters. The van der Waals surface area contributed by atoms with Gasteiger partial charge in [-0.15, -0.1) is 17.4 Å². The van der Waals surface area contributed by atoms with E-state index in [9.17, 15) is 8.42 Å². The Hall–Kier alpha value is -0.910. The maximum atomic E-state index is 11.7. The van der Waals surface area contributed by atoms with Gasteiger partial charge in [0, 0.05) is 20.0 Å². The zero-order valence-electron chi connectivity index (χ0n) is 7.94. The van der Waals surface area contributed by atoms with Crippen LogP contribution < -0.4 is 4.72 Å². The van der Waals surface area contributed by atoms with Crippen LogP contribution in [-0.4, -0.2) is 30.0 Å². The van der Waals surface area contributed by atoms with Crippen LogP contribution in [-0.2, 0) is 17.1 Å². The molecule has 8 heteroatoms. The molecule has 0 aliphatic rings. The maximum absolute atomic E-state index is 11.7. The largest absolute Gasteiger partial charge is 0.260 e. The molecule has 82 valence electrons. The molecule has 0 spiro atoms. The number of rotatable bonds is 4. The van der Waals surface area contributed by atoms with E-state index in [2.05, 4.69) is 36.9 Å². The fourth-order valence-corrected chi connectivity index (χ4v) is 3.06. The number of terminal acetylenes is 1. The molecular weight excluding hydrogens is 284 g/mol. The van der Waals surface area contributed by atoms with Crippen LogP contribution in [0.3, 0.4) is 0 Å². The summed E-state index contributed by atoms with van der Waals surface area (Å²) in [6.45, 7) is 0.191. The van der Waals surface area contributed by atoms with Crippen molar-refractivity contribution in [1.82, 2.24) is 19.7 Å². The van der Waals surface area contributed by atoms with Gasteiger partial charge in [0.15, 0.2) is 4.60 Å². The lowest BCUT2D eigenvalue weighted by molar-refractivity contribution is 0.561. The lowest BCUT2D eigenvalue weighted by Crippen LogP contribution is -2.26. The predicted molar refractivity (Wildman–Crippen MR) is 57.3 cm³/mol. The fraction of sp³-hybridized carbons (Fsp3) is 0.429. The molecule has 15 heavy (non-hydrogen) atoms. The van der Waals surface area contributed by atoms with Gasteiger partial charge in [0.25, 0.3) is 10.0 Å². The van der Waals surface area contributed by atoms with Crippen LogP contribution in [0.15, 0.2) is 9.63 Å². The van der Waals surface area contributed by atoms with Gasteiger partial charge in [-0.25, -0.2) is 17.8 Å². The van der Waals surface area contributed by atoms with Gasteiger partial charge in [0.2, 0.25) is 5.03 Å². The molecule has 1 aromatic rings. The monoisotopic (exact) mass is 292 g/mol. The average Bonchev–Trinajstić information content (AvgIpc) is 2.46. The van der Waals surface area contributed by atoms with Crippen LogP contribution in [0.5, 0.6) is 0 Å². The summed E-state index contributed by atoms with van der Waals surface area (Å²) in [5.74, 6) is 2.34. The highest BCUT2D eigenvalue weighted by Gasteiger charge is 2.22. The minimum Gasteiger partial charge on any atom is -0.235 e. The van der Waals surface area contributed by atoms with Crippen molar-refractivity contribution in [3.8, 4) is 12.3 Å². The van der Waals surface area contributed by atoms with Crippen molar-refractivity contribution in [2.75, 3.05) is 6.54 Å². The molecule has 0 unspecified atom stereocenters. The standard InChI is InChI=1S/C7H9BrN4O2S/c1-3-4-5-9-15(13,14)7-6(8)10-11-12(7)2/h1,9H,4-5H2,2H3. The highest BCUT2D eigenvalue weighted by atomic mass is 79.9. The number of nitrogens with zero attached hydrogens (tertiary/aromatic N) is 3. The van der Waals surface area contributed by atoms with Gasteiger partial charge in [0.05, 0.1) is 0 Å². The Morgan fingerprint density at radius 2 is 2.33 bits per heavy atom. The molecule has 0 aromatic carbocycles. The Kier molecular flexibility index (Phi) is 3.84. The van der Waals surface area contributed by atoms with Crippen LogP contribution in [0.4, 0.5) is 0 Å². The molecule has 0 bridgehead atoms. The van der Waals surface area contributed by atoms with Crippen molar-refractivity contribution in [3.05, 3.63) is 4.60 Å². The molecule has 0 amide bonds. The zero-order valence-corrected chi connectivity index (χ0v) is 10.3. The summed E-state index contributed by atoms with van der Waals surface area (Å²) >= 11 is 3.01. The number of aromatic nitrogens is 3. The molecule has 0 saturated carbocycles. The third-order valence-corrected chi connectivity index (χ3v) is 3.90. The zero-order chi connectivity index (χ0) is 11.5. The highest BCUT2D eigenvalue weighted by Crippen LogP contribution is 2.17. The van der Waals surface area contributed by atoms with Crippen molar-refractivity contribution in [1.29, 1.82) is 0 Å². The summed E-state index contributed by atoms with van der Waals surface area (Å²) in [5, 5.41) is 7.14. The molecule has 0 aliphatic carbocycles. The van der Waals surface area contributed by atoms with Gasteiger partial charge in [-0.05, 0) is 15.9 Å². The summed E-state index contributed by atoms with van der Waals surface area (Å²) < 4.78 is 27.1. The molecule has 6 nitrogen and oxygen atoms in total. The molecule has 0 fully saturated rings. The van der Waals surface area contributed by atoms with Gasteiger partial charge in [-0.2, -0.15) is 0 Å². The smallest absolute Gasteiger partial charge is 0.235 e. The van der Waals surface area contributed by atoms with Crippen LogP contribution in [0.2, 0.25) is 0 Å². The van der Waals surface area contributed by atoms with E-state index in [1.807, 2.05) is 0 Å². The van der Waals surface area contributed by atoms with Gasteiger partial charge in [-0.3, -0.25) is 0 Å². The summed E-state index contributed by atoms with van der Waals surface area (Å²) in [5.41, 5.74) is 0. The minimum absolute atomic E-state index is 0.0143.